The van der Waals surface area contributed by atoms with E-state index in [4.69, 9.17) is 19.8 Å². The van der Waals surface area contributed by atoms with Gasteiger partial charge in [0.05, 0.1) is 36.5 Å². The van der Waals surface area contributed by atoms with Crippen molar-refractivity contribution in [1.29, 1.82) is 0 Å². The third-order valence-electron chi connectivity index (χ3n) is 8.19. The minimum absolute atomic E-state index is 0.0443. The number of hydrogen-bond acceptors (Lipinski definition) is 9. The highest BCUT2D eigenvalue weighted by atomic mass is 19.1. The van der Waals surface area contributed by atoms with Crippen LogP contribution in [-0.4, -0.2) is 80.0 Å². The summed E-state index contributed by atoms with van der Waals surface area (Å²) in [5, 5.41) is 10.9. The molecule has 12 nitrogen and oxygen atoms in total. The molecule has 2 N–H and O–H groups in total. The molecule has 0 atom stereocenters. The van der Waals surface area contributed by atoms with E-state index >= 15 is 4.39 Å². The Morgan fingerprint density at radius 1 is 0.933 bits per heavy atom. The van der Waals surface area contributed by atoms with Gasteiger partial charge >= 0.3 is 6.03 Å². The summed E-state index contributed by atoms with van der Waals surface area (Å²) >= 11 is 0. The van der Waals surface area contributed by atoms with E-state index in [1.165, 1.54) is 17.7 Å². The van der Waals surface area contributed by atoms with Crippen LogP contribution in [0.2, 0.25) is 0 Å². The van der Waals surface area contributed by atoms with Gasteiger partial charge in [0.25, 0.3) is 0 Å². The van der Waals surface area contributed by atoms with E-state index in [1.807, 2.05) is 23.1 Å². The normalized spacial score (nSPS) is 16.2. The molecule has 4 aromatic heterocycles. The molecule has 0 unspecified atom stereocenters. The van der Waals surface area contributed by atoms with Crippen molar-refractivity contribution in [2.45, 2.75) is 25.4 Å². The summed E-state index contributed by atoms with van der Waals surface area (Å²) in [7, 11) is 0. The number of pyridine rings is 2. The highest BCUT2D eigenvalue weighted by molar-refractivity contribution is 6.00. The first-order valence-electron chi connectivity index (χ1n) is 15.1. The van der Waals surface area contributed by atoms with Crippen LogP contribution in [0.4, 0.5) is 26.4 Å². The van der Waals surface area contributed by atoms with Gasteiger partial charge in [-0.15, -0.1) is 0 Å². The maximum atomic E-state index is 15.3. The molecule has 0 radical (unpaired) electrons. The smallest absolute Gasteiger partial charge is 0.323 e. The number of likely N-dealkylation sites (tertiary alicyclic amines) is 1. The number of ether oxygens (including phenoxy) is 1. The van der Waals surface area contributed by atoms with E-state index in [2.05, 4.69) is 36.5 Å². The predicted octanol–water partition coefficient (Wildman–Crippen LogP) is 4.74. The fourth-order valence-electron chi connectivity index (χ4n) is 5.87. The Bertz CT molecular complexity index is 1770. The fourth-order valence-corrected chi connectivity index (χ4v) is 5.87. The number of rotatable bonds is 7. The Morgan fingerprint density at radius 2 is 1.76 bits per heavy atom. The zero-order valence-electron chi connectivity index (χ0n) is 24.6. The maximum Gasteiger partial charge on any atom is 0.323 e. The number of carbonyl (C=O) groups is 1. The van der Waals surface area contributed by atoms with Gasteiger partial charge in [-0.3, -0.25) is 14.9 Å². The number of anilines is 3. The zero-order valence-corrected chi connectivity index (χ0v) is 24.6. The molecule has 5 aromatic rings. The van der Waals surface area contributed by atoms with Gasteiger partial charge in [0.2, 0.25) is 0 Å². The van der Waals surface area contributed by atoms with Crippen molar-refractivity contribution >= 4 is 34.3 Å². The zero-order chi connectivity index (χ0) is 30.6. The first kappa shape index (κ1) is 28.7. The van der Waals surface area contributed by atoms with Gasteiger partial charge in [-0.25, -0.2) is 23.8 Å². The standard InChI is InChI=1S/C32H33FN10O2/c33-27-18-23(3-4-28(27)38-32(44)37-24-5-10-34-11-6-24)29-39-30(42-14-16-45-17-15-42)26-20-36-43(31(26)40-29)25-7-12-41(13-8-25)21-22-2-1-9-35-19-22/h1-6,9-11,18-20,25H,7-8,12-17,21H2,(H2,34,37,38,44). The summed E-state index contributed by atoms with van der Waals surface area (Å²) in [6.45, 7) is 5.31. The molecule has 2 fully saturated rings. The number of hydrogen-bond donors (Lipinski definition) is 2. The van der Waals surface area contributed by atoms with Crippen LogP contribution in [0, 0.1) is 5.82 Å². The summed E-state index contributed by atoms with van der Waals surface area (Å²) < 4.78 is 23.0. The van der Waals surface area contributed by atoms with E-state index in [-0.39, 0.29) is 11.7 Å². The van der Waals surface area contributed by atoms with Gasteiger partial charge < -0.3 is 20.3 Å². The second-order valence-electron chi connectivity index (χ2n) is 11.2. The first-order valence-corrected chi connectivity index (χ1v) is 15.1. The quantitative estimate of drug-likeness (QED) is 0.269. The molecule has 6 heterocycles. The Hall–Kier alpha value is -5.01. The van der Waals surface area contributed by atoms with Crippen molar-refractivity contribution in [3.63, 3.8) is 0 Å². The van der Waals surface area contributed by atoms with Crippen LogP contribution in [0.3, 0.4) is 0 Å². The largest absolute Gasteiger partial charge is 0.378 e. The van der Waals surface area contributed by atoms with Crippen molar-refractivity contribution in [2.75, 3.05) is 54.9 Å². The van der Waals surface area contributed by atoms with Gasteiger partial charge in [-0.2, -0.15) is 5.10 Å². The average Bonchev–Trinajstić information content (AvgIpc) is 3.51. The van der Waals surface area contributed by atoms with Crippen molar-refractivity contribution in [1.82, 2.24) is 34.6 Å². The second kappa shape index (κ2) is 12.9. The highest BCUT2D eigenvalue weighted by Gasteiger charge is 2.26. The number of amides is 2. The lowest BCUT2D eigenvalue weighted by Crippen LogP contribution is -2.37. The van der Waals surface area contributed by atoms with Gasteiger partial charge in [0.15, 0.2) is 11.5 Å². The number of urea groups is 1. The molecule has 2 aliphatic rings. The van der Waals surface area contributed by atoms with Crippen molar-refractivity contribution in [2.24, 2.45) is 0 Å². The van der Waals surface area contributed by atoms with Gasteiger partial charge in [0.1, 0.15) is 11.6 Å². The molecular weight excluding hydrogens is 575 g/mol. The maximum absolute atomic E-state index is 15.3. The summed E-state index contributed by atoms with van der Waals surface area (Å²) in [5.74, 6) is 0.563. The number of nitrogens with one attached hydrogen (secondary N) is 2. The highest BCUT2D eigenvalue weighted by Crippen LogP contribution is 2.33. The number of carbonyl (C=O) groups excluding carboxylic acids is 1. The number of piperidine rings is 1. The second-order valence-corrected chi connectivity index (χ2v) is 11.2. The van der Waals surface area contributed by atoms with Crippen LogP contribution in [-0.2, 0) is 11.3 Å². The van der Waals surface area contributed by atoms with Gasteiger partial charge in [-0.1, -0.05) is 6.07 Å². The third kappa shape index (κ3) is 6.44. The predicted molar refractivity (Wildman–Crippen MR) is 168 cm³/mol. The number of aromatic nitrogens is 6. The number of fused-ring (bicyclic) bond motifs is 1. The van der Waals surface area contributed by atoms with Crippen molar-refractivity contribution in [3.8, 4) is 11.4 Å². The number of benzene rings is 1. The SMILES string of the molecule is O=C(Nc1ccncc1)Nc1ccc(-c2nc(N3CCOCC3)c3cnn(C4CCN(Cc5cccnc5)CC4)c3n2)cc1F. The van der Waals surface area contributed by atoms with Gasteiger partial charge in [0, 0.05) is 68.8 Å². The molecule has 1 aromatic carbocycles. The molecule has 2 amide bonds. The fraction of sp³-hybridized carbons (Fsp3) is 0.312. The Morgan fingerprint density at radius 3 is 2.51 bits per heavy atom. The first-order chi connectivity index (χ1) is 22.1. The number of halogens is 1. The van der Waals surface area contributed by atoms with Crippen LogP contribution in [0.15, 0.2) is 73.4 Å². The molecule has 0 aliphatic carbocycles. The van der Waals surface area contributed by atoms with Crippen LogP contribution >= 0.6 is 0 Å². The van der Waals surface area contributed by atoms with Crippen LogP contribution in [0.25, 0.3) is 22.4 Å². The lowest BCUT2D eigenvalue weighted by Gasteiger charge is -2.32. The lowest BCUT2D eigenvalue weighted by atomic mass is 10.0. The minimum atomic E-state index is -0.594. The molecule has 0 spiro atoms. The van der Waals surface area contributed by atoms with Crippen LogP contribution < -0.4 is 15.5 Å². The van der Waals surface area contributed by atoms with E-state index in [9.17, 15) is 4.79 Å². The molecule has 13 heteroatoms. The molecule has 2 aliphatic heterocycles. The van der Waals surface area contributed by atoms with E-state index in [0.29, 0.717) is 43.4 Å². The molecule has 230 valence electrons. The van der Waals surface area contributed by atoms with E-state index in [1.54, 1.807) is 36.8 Å². The monoisotopic (exact) mass is 608 g/mol. The molecule has 2 saturated heterocycles. The number of nitrogens with zero attached hydrogens (tertiary/aromatic N) is 8. The topological polar surface area (TPSA) is 126 Å². The lowest BCUT2D eigenvalue weighted by molar-refractivity contribution is 0.122. The van der Waals surface area contributed by atoms with Gasteiger partial charge in [-0.05, 0) is 54.8 Å². The van der Waals surface area contributed by atoms with Crippen LogP contribution in [0.5, 0.6) is 0 Å². The molecule has 0 saturated carbocycles. The summed E-state index contributed by atoms with van der Waals surface area (Å²) in [5.41, 5.74) is 3.03. The Balaban J connectivity index is 1.15. The summed E-state index contributed by atoms with van der Waals surface area (Å²) in [6, 6.07) is 11.6. The van der Waals surface area contributed by atoms with Crippen molar-refractivity contribution < 1.29 is 13.9 Å². The Labute approximate surface area is 259 Å². The van der Waals surface area contributed by atoms with E-state index < -0.39 is 11.8 Å². The van der Waals surface area contributed by atoms with Crippen molar-refractivity contribution in [3.05, 3.63) is 84.8 Å². The summed E-state index contributed by atoms with van der Waals surface area (Å²) in [6.07, 6.45) is 10.5. The molecule has 45 heavy (non-hydrogen) atoms. The van der Waals surface area contributed by atoms with Crippen LogP contribution in [0.1, 0.15) is 24.4 Å². The molecule has 0 bridgehead atoms. The minimum Gasteiger partial charge on any atom is -0.378 e. The third-order valence-corrected chi connectivity index (χ3v) is 8.19. The summed E-state index contributed by atoms with van der Waals surface area (Å²) in [4.78, 5) is 35.1. The molecular formula is C32H33FN10O2. The molecule has 7 rings (SSSR count). The Kier molecular flexibility index (Phi) is 8.25. The van der Waals surface area contributed by atoms with E-state index in [0.717, 1.165) is 49.3 Å². The number of morpholine rings is 1. The average molecular weight is 609 g/mol.